The van der Waals surface area contributed by atoms with Gasteiger partial charge in [0, 0.05) is 23.9 Å². The Kier molecular flexibility index (Phi) is 7.17. The average Bonchev–Trinajstić information content (AvgIpc) is 3.24. The monoisotopic (exact) mass is 410 g/mol. The van der Waals surface area contributed by atoms with Gasteiger partial charge in [0.2, 0.25) is 0 Å². The van der Waals surface area contributed by atoms with E-state index >= 15 is 0 Å². The zero-order chi connectivity index (χ0) is 22.1. The van der Waals surface area contributed by atoms with Crippen LogP contribution in [0.2, 0.25) is 0 Å². The van der Waals surface area contributed by atoms with Crippen LogP contribution in [-0.4, -0.2) is 28.8 Å². The predicted octanol–water partition coefficient (Wildman–Crippen LogP) is 4.31. The molecule has 0 unspecified atom stereocenters. The van der Waals surface area contributed by atoms with Gasteiger partial charge >= 0.3 is 0 Å². The van der Waals surface area contributed by atoms with Gasteiger partial charge in [0.25, 0.3) is 5.91 Å². The van der Waals surface area contributed by atoms with Gasteiger partial charge in [-0.3, -0.25) is 4.79 Å². The van der Waals surface area contributed by atoms with Crippen molar-refractivity contribution in [1.82, 2.24) is 15.1 Å². The Bertz CT molecular complexity index is 1140. The second-order valence-electron chi connectivity index (χ2n) is 6.51. The molecule has 2 aromatic carbocycles. The lowest BCUT2D eigenvalue weighted by Gasteiger charge is -2.05. The maximum absolute atomic E-state index is 12.3. The summed E-state index contributed by atoms with van der Waals surface area (Å²) in [5, 5.41) is 16.8. The van der Waals surface area contributed by atoms with Crippen molar-refractivity contribution in [3.63, 3.8) is 0 Å². The summed E-state index contributed by atoms with van der Waals surface area (Å²) in [6.07, 6.45) is 6.58. The minimum Gasteiger partial charge on any atom is -0.490 e. The molecule has 0 saturated heterocycles. The molecule has 6 heteroatoms. The van der Waals surface area contributed by atoms with E-state index in [2.05, 4.69) is 18.5 Å². The molecule has 0 atom stereocenters. The van der Waals surface area contributed by atoms with Crippen molar-refractivity contribution in [2.24, 2.45) is 0 Å². The minimum absolute atomic E-state index is 0.0124. The summed E-state index contributed by atoms with van der Waals surface area (Å²) in [4.78, 5) is 12.3. The highest BCUT2D eigenvalue weighted by Gasteiger charge is 2.15. The summed E-state index contributed by atoms with van der Waals surface area (Å²) in [5.41, 5.74) is 2.97. The molecular weight excluding hydrogens is 388 g/mol. The number of aromatic nitrogens is 2. The third-order valence-electron chi connectivity index (χ3n) is 4.33. The van der Waals surface area contributed by atoms with E-state index in [9.17, 15) is 10.1 Å². The Hall–Kier alpha value is -4.37. The highest BCUT2D eigenvalue weighted by Crippen LogP contribution is 2.27. The maximum Gasteiger partial charge on any atom is 0.262 e. The van der Waals surface area contributed by atoms with Crippen molar-refractivity contribution in [2.45, 2.75) is 0 Å². The lowest BCUT2D eigenvalue weighted by atomic mass is 10.1. The molecule has 0 aliphatic heterocycles. The molecule has 0 aliphatic rings. The topological polar surface area (TPSA) is 79.9 Å². The fourth-order valence-electron chi connectivity index (χ4n) is 2.86. The highest BCUT2D eigenvalue weighted by atomic mass is 16.5. The van der Waals surface area contributed by atoms with Gasteiger partial charge < -0.3 is 10.1 Å². The number of amides is 1. The van der Waals surface area contributed by atoms with Gasteiger partial charge in [0.1, 0.15) is 24.0 Å². The molecule has 0 spiro atoms. The Morgan fingerprint density at radius 1 is 1.13 bits per heavy atom. The van der Waals surface area contributed by atoms with Crippen LogP contribution in [0.5, 0.6) is 5.75 Å². The number of nitriles is 1. The largest absolute Gasteiger partial charge is 0.490 e. The first-order valence-electron chi connectivity index (χ1n) is 9.66. The number of nitrogens with one attached hydrogen (secondary N) is 1. The Labute approximate surface area is 181 Å². The van der Waals surface area contributed by atoms with Crippen LogP contribution in [0, 0.1) is 11.3 Å². The smallest absolute Gasteiger partial charge is 0.262 e. The fourth-order valence-corrected chi connectivity index (χ4v) is 2.86. The van der Waals surface area contributed by atoms with E-state index in [4.69, 9.17) is 9.84 Å². The molecule has 3 rings (SSSR count). The molecule has 0 aliphatic carbocycles. The first-order valence-corrected chi connectivity index (χ1v) is 9.66. The Morgan fingerprint density at radius 3 is 2.52 bits per heavy atom. The third-order valence-corrected chi connectivity index (χ3v) is 4.33. The highest BCUT2D eigenvalue weighted by molar-refractivity contribution is 6.02. The molecule has 31 heavy (non-hydrogen) atoms. The van der Waals surface area contributed by atoms with E-state index in [1.165, 1.54) is 0 Å². The number of nitrogens with zero attached hydrogens (tertiary/aromatic N) is 3. The van der Waals surface area contributed by atoms with E-state index < -0.39 is 5.91 Å². The first kappa shape index (κ1) is 21.3. The van der Waals surface area contributed by atoms with Crippen LogP contribution in [-0.2, 0) is 4.79 Å². The zero-order valence-corrected chi connectivity index (χ0v) is 17.0. The standard InChI is InChI=1S/C25H22N4O2/c1-3-14-27-25(30)20(17-26)16-21-18-29(22-8-6-5-7-9-22)28-24(21)19-10-12-23(13-11-19)31-15-4-2/h3-13,16,18H,1-2,14-15H2,(H,27,30). The van der Waals surface area contributed by atoms with E-state index in [-0.39, 0.29) is 12.1 Å². The SMILES string of the molecule is C=CCNC(=O)C(C#N)=Cc1cn(-c2ccccc2)nc1-c1ccc(OCC=C)cc1. The molecule has 0 fully saturated rings. The Balaban J connectivity index is 2.04. The number of rotatable bonds is 9. The normalized spacial score (nSPS) is 10.7. The summed E-state index contributed by atoms with van der Waals surface area (Å²) in [6, 6.07) is 19.0. The van der Waals surface area contributed by atoms with Crippen LogP contribution in [0.4, 0.5) is 0 Å². The van der Waals surface area contributed by atoms with E-state index in [1.54, 1.807) is 29.1 Å². The molecule has 0 saturated carbocycles. The molecule has 0 radical (unpaired) electrons. The van der Waals surface area contributed by atoms with Crippen LogP contribution in [0.1, 0.15) is 5.56 Å². The lowest BCUT2D eigenvalue weighted by molar-refractivity contribution is -0.116. The van der Waals surface area contributed by atoms with Crippen molar-refractivity contribution in [3.05, 3.63) is 97.2 Å². The summed E-state index contributed by atoms with van der Waals surface area (Å²) in [7, 11) is 0. The quantitative estimate of drug-likeness (QED) is 0.324. The number of carbonyl (C=O) groups excluding carboxylic acids is 1. The molecule has 6 nitrogen and oxygen atoms in total. The molecule has 1 aromatic heterocycles. The molecule has 0 bridgehead atoms. The molecule has 1 heterocycles. The van der Waals surface area contributed by atoms with Gasteiger partial charge in [-0.15, -0.1) is 6.58 Å². The van der Waals surface area contributed by atoms with Crippen molar-refractivity contribution < 1.29 is 9.53 Å². The number of hydrogen-bond donors (Lipinski definition) is 1. The van der Waals surface area contributed by atoms with Gasteiger partial charge in [0.15, 0.2) is 0 Å². The van der Waals surface area contributed by atoms with Gasteiger partial charge in [-0.2, -0.15) is 10.4 Å². The minimum atomic E-state index is -0.464. The van der Waals surface area contributed by atoms with Gasteiger partial charge in [0.05, 0.1) is 11.4 Å². The van der Waals surface area contributed by atoms with Gasteiger partial charge in [-0.1, -0.05) is 36.9 Å². The van der Waals surface area contributed by atoms with Crippen molar-refractivity contribution >= 4 is 12.0 Å². The average molecular weight is 410 g/mol. The second-order valence-corrected chi connectivity index (χ2v) is 6.51. The summed E-state index contributed by atoms with van der Waals surface area (Å²) in [6.45, 7) is 7.91. The molecular formula is C25H22N4O2. The summed E-state index contributed by atoms with van der Waals surface area (Å²) in [5.74, 6) is 0.249. The number of carbonyl (C=O) groups is 1. The van der Waals surface area contributed by atoms with Crippen LogP contribution in [0.25, 0.3) is 23.0 Å². The van der Waals surface area contributed by atoms with Gasteiger partial charge in [-0.25, -0.2) is 4.68 Å². The Morgan fingerprint density at radius 2 is 1.87 bits per heavy atom. The lowest BCUT2D eigenvalue weighted by Crippen LogP contribution is -2.24. The molecule has 1 N–H and O–H groups in total. The zero-order valence-electron chi connectivity index (χ0n) is 17.0. The summed E-state index contributed by atoms with van der Waals surface area (Å²) < 4.78 is 7.26. The first-order chi connectivity index (χ1) is 15.2. The van der Waals surface area contributed by atoms with Crippen molar-refractivity contribution in [1.29, 1.82) is 5.26 Å². The number of benzene rings is 2. The van der Waals surface area contributed by atoms with Crippen LogP contribution in [0.3, 0.4) is 0 Å². The second kappa shape index (κ2) is 10.4. The van der Waals surface area contributed by atoms with Crippen molar-refractivity contribution in [3.8, 4) is 28.8 Å². The summed E-state index contributed by atoms with van der Waals surface area (Å²) >= 11 is 0. The predicted molar refractivity (Wildman–Crippen MR) is 121 cm³/mol. The third kappa shape index (κ3) is 5.37. The molecule has 3 aromatic rings. The van der Waals surface area contributed by atoms with Gasteiger partial charge in [-0.05, 0) is 42.5 Å². The van der Waals surface area contributed by atoms with Crippen LogP contribution in [0.15, 0.2) is 91.7 Å². The van der Waals surface area contributed by atoms with E-state index in [1.807, 2.05) is 60.7 Å². The number of para-hydroxylation sites is 1. The fraction of sp³-hybridized carbons (Fsp3) is 0.0800. The van der Waals surface area contributed by atoms with Crippen LogP contribution >= 0.6 is 0 Å². The number of hydrogen-bond acceptors (Lipinski definition) is 4. The van der Waals surface area contributed by atoms with Crippen molar-refractivity contribution in [2.75, 3.05) is 13.2 Å². The molecule has 1 amide bonds. The number of ether oxygens (including phenoxy) is 1. The van der Waals surface area contributed by atoms with E-state index in [0.29, 0.717) is 23.6 Å². The van der Waals surface area contributed by atoms with Crippen LogP contribution < -0.4 is 10.1 Å². The molecule has 154 valence electrons. The maximum atomic E-state index is 12.3. The van der Waals surface area contributed by atoms with E-state index in [0.717, 1.165) is 11.3 Å².